The van der Waals surface area contributed by atoms with Crippen LogP contribution in [0.1, 0.15) is 40.5 Å². The lowest BCUT2D eigenvalue weighted by molar-refractivity contribution is -0.140. The second kappa shape index (κ2) is 8.74. The molecule has 0 heterocycles. The van der Waals surface area contributed by atoms with Gasteiger partial charge in [-0.15, -0.1) is 0 Å². The van der Waals surface area contributed by atoms with Crippen molar-refractivity contribution in [3.8, 4) is 5.75 Å². The topological polar surface area (TPSA) is 83.5 Å². The Morgan fingerprint density at radius 2 is 1.32 bits per heavy atom. The number of fused-ring (bicyclic) bond motifs is 4. The molecule has 3 atom stereocenters. The fraction of sp³-hybridized carbons (Fsp3) is 0.114. The van der Waals surface area contributed by atoms with Gasteiger partial charge in [-0.2, -0.15) is 0 Å². The van der Waals surface area contributed by atoms with E-state index in [4.69, 9.17) is 4.74 Å². The van der Waals surface area contributed by atoms with Crippen LogP contribution in [0.2, 0.25) is 0 Å². The molecular weight excluding hydrogens is 532 g/mol. The molecule has 6 heteroatoms. The second-order valence-corrected chi connectivity index (χ2v) is 12.3. The molecule has 200 valence electrons. The number of rotatable bonds is 3. The van der Waals surface area contributed by atoms with E-state index in [2.05, 4.69) is 48.5 Å². The fourth-order valence-electron chi connectivity index (χ4n) is 7.16. The first-order valence-corrected chi connectivity index (χ1v) is 15.0. The molecule has 5 nitrogen and oxygen atoms in total. The van der Waals surface area contributed by atoms with Gasteiger partial charge in [0.2, 0.25) is 0 Å². The van der Waals surface area contributed by atoms with Crippen molar-refractivity contribution in [2.45, 2.75) is 23.2 Å². The van der Waals surface area contributed by atoms with E-state index in [1.165, 1.54) is 34.2 Å². The number of ether oxygens (including phenoxy) is 1. The highest BCUT2D eigenvalue weighted by Gasteiger charge is 2.48. The molecule has 0 saturated heterocycles. The van der Waals surface area contributed by atoms with Gasteiger partial charge in [-0.3, -0.25) is 4.79 Å². The maximum absolute atomic E-state index is 14.1. The maximum Gasteiger partial charge on any atom is 0.315 e. The summed E-state index contributed by atoms with van der Waals surface area (Å²) in [5.41, 5.74) is 4.86. The van der Waals surface area contributed by atoms with Gasteiger partial charge in [0, 0.05) is 22.6 Å². The molecule has 0 amide bonds. The molecule has 0 aliphatic heterocycles. The molecule has 3 aliphatic rings. The Labute approximate surface area is 236 Å². The normalized spacial score (nSPS) is 19.3. The third kappa shape index (κ3) is 3.64. The first kappa shape index (κ1) is 24.3. The second-order valence-electron chi connectivity index (χ2n) is 11.0. The van der Waals surface area contributed by atoms with Gasteiger partial charge < -0.3 is 9.29 Å². The smallest absolute Gasteiger partial charge is 0.315 e. The molecule has 3 aliphatic carbocycles. The first-order valence-electron chi connectivity index (χ1n) is 13.6. The van der Waals surface area contributed by atoms with Crippen LogP contribution in [-0.4, -0.2) is 18.9 Å². The zero-order chi connectivity index (χ0) is 27.9. The zero-order valence-corrected chi connectivity index (χ0v) is 22.6. The number of hydrogen-bond acceptors (Lipinski definition) is 5. The lowest BCUT2D eigenvalue weighted by atomic mass is 9.58. The molecule has 41 heavy (non-hydrogen) atoms. The highest BCUT2D eigenvalue weighted by atomic mass is 32.2. The Balaban J connectivity index is 1.29. The van der Waals surface area contributed by atoms with Crippen LogP contribution in [-0.2, 0) is 14.9 Å². The number of carbonyl (C=O) groups excluding carboxylic acids is 1. The Kier molecular flexibility index (Phi) is 5.18. The van der Waals surface area contributed by atoms with Crippen LogP contribution >= 0.6 is 0 Å². The van der Waals surface area contributed by atoms with Gasteiger partial charge in [-0.1, -0.05) is 97.1 Å². The number of esters is 1. The number of hydrogen-bond donors (Lipinski definition) is 0. The summed E-state index contributed by atoms with van der Waals surface area (Å²) in [5.74, 6) is -0.701. The van der Waals surface area contributed by atoms with E-state index in [0.29, 0.717) is 11.8 Å². The van der Waals surface area contributed by atoms with E-state index in [-0.39, 0.29) is 33.8 Å². The van der Waals surface area contributed by atoms with Crippen LogP contribution < -0.4 is 4.74 Å². The largest absolute Gasteiger partial charge is 0.744 e. The van der Waals surface area contributed by atoms with Crippen molar-refractivity contribution in [1.29, 1.82) is 0 Å². The summed E-state index contributed by atoms with van der Waals surface area (Å²) in [6.45, 7) is 0. The molecule has 0 saturated carbocycles. The predicted molar refractivity (Wildman–Crippen MR) is 157 cm³/mol. The molecule has 0 aromatic heterocycles. The fourth-order valence-corrected chi connectivity index (χ4v) is 7.84. The summed E-state index contributed by atoms with van der Waals surface area (Å²) >= 11 is 0. The quantitative estimate of drug-likeness (QED) is 0.130. The van der Waals surface area contributed by atoms with E-state index >= 15 is 0 Å². The third-order valence-electron chi connectivity index (χ3n) is 8.87. The lowest BCUT2D eigenvalue weighted by Crippen LogP contribution is -2.38. The lowest BCUT2D eigenvalue weighted by Gasteiger charge is -2.45. The van der Waals surface area contributed by atoms with Crippen LogP contribution in [0.3, 0.4) is 0 Å². The van der Waals surface area contributed by atoms with E-state index in [0.717, 1.165) is 21.7 Å². The van der Waals surface area contributed by atoms with Gasteiger partial charge in [-0.05, 0) is 62.4 Å². The predicted octanol–water partition coefficient (Wildman–Crippen LogP) is 7.25. The van der Waals surface area contributed by atoms with Gasteiger partial charge in [-0.25, -0.2) is 8.42 Å². The van der Waals surface area contributed by atoms with Crippen LogP contribution in [0.5, 0.6) is 5.75 Å². The summed E-state index contributed by atoms with van der Waals surface area (Å²) in [6, 6.07) is 34.8. The SMILES string of the molecule is O=C(Oc1ccc(S(=O)(=O)[O-])c2ccccc12)C1CC2c3cc4ccccc4cc3C1c1c2ccc2ccccc12. The van der Waals surface area contributed by atoms with Gasteiger partial charge >= 0.3 is 5.97 Å². The van der Waals surface area contributed by atoms with Gasteiger partial charge in [0.1, 0.15) is 15.9 Å². The summed E-state index contributed by atoms with van der Waals surface area (Å²) in [5, 5.41) is 5.25. The Bertz CT molecular complexity index is 2180. The highest BCUT2D eigenvalue weighted by molar-refractivity contribution is 7.86. The molecule has 0 radical (unpaired) electrons. The summed E-state index contributed by atoms with van der Waals surface area (Å²) in [4.78, 5) is 13.8. The first-order chi connectivity index (χ1) is 19.9. The molecule has 0 N–H and O–H groups in total. The molecule has 0 fully saturated rings. The highest BCUT2D eigenvalue weighted by Crippen LogP contribution is 2.58. The summed E-state index contributed by atoms with van der Waals surface area (Å²) in [7, 11) is -4.70. The number of carbonyl (C=O) groups is 1. The van der Waals surface area contributed by atoms with E-state index in [1.807, 2.05) is 24.3 Å². The summed E-state index contributed by atoms with van der Waals surface area (Å²) in [6.07, 6.45) is 0.616. The average molecular weight is 556 g/mol. The molecule has 2 bridgehead atoms. The van der Waals surface area contributed by atoms with Crippen LogP contribution in [0.15, 0.2) is 114 Å². The van der Waals surface area contributed by atoms with Gasteiger partial charge in [0.15, 0.2) is 0 Å². The zero-order valence-electron chi connectivity index (χ0n) is 21.8. The van der Waals surface area contributed by atoms with Crippen molar-refractivity contribution in [3.05, 3.63) is 131 Å². The number of benzene rings is 6. The van der Waals surface area contributed by atoms with Gasteiger partial charge in [0.05, 0.1) is 10.8 Å². The van der Waals surface area contributed by atoms with Crippen molar-refractivity contribution in [1.82, 2.24) is 0 Å². The minimum atomic E-state index is -4.70. The van der Waals surface area contributed by atoms with Gasteiger partial charge in [0.25, 0.3) is 0 Å². The van der Waals surface area contributed by atoms with Crippen LogP contribution in [0, 0.1) is 5.92 Å². The Morgan fingerprint density at radius 3 is 2.05 bits per heavy atom. The van der Waals surface area contributed by atoms with Crippen molar-refractivity contribution in [2.24, 2.45) is 5.92 Å². The van der Waals surface area contributed by atoms with Crippen LogP contribution in [0.25, 0.3) is 32.3 Å². The molecule has 3 unspecified atom stereocenters. The minimum absolute atomic E-state index is 0.0430. The van der Waals surface area contributed by atoms with Crippen molar-refractivity contribution in [3.63, 3.8) is 0 Å². The van der Waals surface area contributed by atoms with Crippen LogP contribution in [0.4, 0.5) is 0 Å². The van der Waals surface area contributed by atoms with E-state index < -0.39 is 16.0 Å². The monoisotopic (exact) mass is 555 g/mol. The molecule has 6 aromatic carbocycles. The van der Waals surface area contributed by atoms with E-state index in [1.54, 1.807) is 24.3 Å². The van der Waals surface area contributed by atoms with Crippen molar-refractivity contribution >= 4 is 48.4 Å². The molecule has 6 aromatic rings. The molecule has 9 rings (SSSR count). The molecule has 0 spiro atoms. The van der Waals surface area contributed by atoms with Crippen molar-refractivity contribution < 1.29 is 22.5 Å². The maximum atomic E-state index is 14.1. The molecular formula is C35H23O5S-. The Hall–Kier alpha value is -4.52. The van der Waals surface area contributed by atoms with E-state index in [9.17, 15) is 17.8 Å². The minimum Gasteiger partial charge on any atom is -0.744 e. The Morgan fingerprint density at radius 1 is 0.683 bits per heavy atom. The van der Waals surface area contributed by atoms with Crippen molar-refractivity contribution in [2.75, 3.05) is 0 Å². The third-order valence-corrected chi connectivity index (χ3v) is 9.77. The average Bonchev–Trinajstić information content (AvgIpc) is 2.99. The summed E-state index contributed by atoms with van der Waals surface area (Å²) < 4.78 is 41.7. The standard InChI is InChI=1S/C35H24O5S/c36-35(40-31-15-16-32(41(37,38)39)25-12-6-5-11-24(25)31)30-19-28-26-14-13-20-7-3-4-10-23(20)33(26)34(30)29-18-22-9-2-1-8-21(22)17-27(28)29/h1-18,28,30,34H,19H2,(H,37,38,39)/p-1.